The molecule has 3 nitrogen and oxygen atoms in total. The number of aryl methyl sites for hydroxylation is 1. The smallest absolute Gasteiger partial charge is 0.369 e. The number of imidazole rings is 1. The van der Waals surface area contributed by atoms with Gasteiger partial charge in [-0.2, -0.15) is 13.2 Å². The number of hydrogen-bond acceptors (Lipinski definition) is 2. The Balaban J connectivity index is 2.32. The Labute approximate surface area is 73.4 Å². The Hall–Kier alpha value is -1.20. The third kappa shape index (κ3) is 3.35. The van der Waals surface area contributed by atoms with Crippen LogP contribution < -0.4 is 5.73 Å². The monoisotopic (exact) mass is 193 g/mol. The van der Waals surface area contributed by atoms with Gasteiger partial charge in [-0.3, -0.25) is 0 Å². The molecule has 0 amide bonds. The molecule has 0 aliphatic heterocycles. The molecule has 1 aromatic heterocycles. The van der Waals surface area contributed by atoms with E-state index in [1.165, 1.54) is 10.8 Å². The fourth-order valence-electron chi connectivity index (χ4n) is 0.980. The molecule has 0 bridgehead atoms. The van der Waals surface area contributed by atoms with Crippen LogP contribution in [-0.2, 0) is 6.54 Å². The Morgan fingerprint density at radius 3 is 2.62 bits per heavy atom. The SMILES string of the molecule is Nc1nccn1CCCC(F)(F)F. The zero-order valence-electron chi connectivity index (χ0n) is 6.88. The fourth-order valence-corrected chi connectivity index (χ4v) is 0.980. The molecule has 0 saturated heterocycles. The third-order valence-electron chi connectivity index (χ3n) is 1.61. The maximum atomic E-state index is 11.7. The van der Waals surface area contributed by atoms with Crippen LogP contribution in [-0.4, -0.2) is 15.7 Å². The normalized spacial score (nSPS) is 11.9. The molecule has 2 N–H and O–H groups in total. The first-order chi connectivity index (χ1) is 5.99. The van der Waals surface area contributed by atoms with Gasteiger partial charge < -0.3 is 10.3 Å². The second-order valence-corrected chi connectivity index (χ2v) is 2.70. The molecule has 0 spiro atoms. The van der Waals surface area contributed by atoms with Crippen molar-refractivity contribution in [1.29, 1.82) is 0 Å². The number of halogens is 3. The van der Waals surface area contributed by atoms with Gasteiger partial charge in [-0.15, -0.1) is 0 Å². The van der Waals surface area contributed by atoms with Crippen molar-refractivity contribution in [2.24, 2.45) is 0 Å². The Morgan fingerprint density at radius 2 is 2.15 bits per heavy atom. The number of nitrogen functional groups attached to an aromatic ring is 1. The molecule has 1 aromatic rings. The summed E-state index contributed by atoms with van der Waals surface area (Å²) in [5, 5.41) is 0. The standard InChI is InChI=1S/C7H10F3N3/c8-7(9,10)2-1-4-13-5-3-12-6(13)11/h3,5H,1-2,4H2,(H2,11,12). The van der Waals surface area contributed by atoms with Crippen LogP contribution in [0.3, 0.4) is 0 Å². The molecule has 0 radical (unpaired) electrons. The highest BCUT2D eigenvalue weighted by atomic mass is 19.4. The van der Waals surface area contributed by atoms with Crippen LogP contribution in [0.1, 0.15) is 12.8 Å². The van der Waals surface area contributed by atoms with E-state index in [2.05, 4.69) is 4.98 Å². The molecule has 0 fully saturated rings. The van der Waals surface area contributed by atoms with Gasteiger partial charge in [0.2, 0.25) is 0 Å². The van der Waals surface area contributed by atoms with Gasteiger partial charge in [0.25, 0.3) is 0 Å². The van der Waals surface area contributed by atoms with Gasteiger partial charge in [-0.25, -0.2) is 4.98 Å². The lowest BCUT2D eigenvalue weighted by Gasteiger charge is -2.06. The summed E-state index contributed by atoms with van der Waals surface area (Å²) in [6, 6.07) is 0. The minimum Gasteiger partial charge on any atom is -0.369 e. The molecule has 0 aromatic carbocycles. The summed E-state index contributed by atoms with van der Waals surface area (Å²) in [6.07, 6.45) is -1.82. The molecule has 1 rings (SSSR count). The van der Waals surface area contributed by atoms with E-state index >= 15 is 0 Å². The van der Waals surface area contributed by atoms with Crippen molar-refractivity contribution in [2.45, 2.75) is 25.6 Å². The molecule has 74 valence electrons. The second-order valence-electron chi connectivity index (χ2n) is 2.70. The first kappa shape index (κ1) is 9.88. The fraction of sp³-hybridized carbons (Fsp3) is 0.571. The van der Waals surface area contributed by atoms with Crippen molar-refractivity contribution >= 4 is 5.95 Å². The zero-order chi connectivity index (χ0) is 9.90. The summed E-state index contributed by atoms with van der Waals surface area (Å²) in [5.74, 6) is 0.252. The minimum absolute atomic E-state index is 0.0318. The van der Waals surface area contributed by atoms with Crippen molar-refractivity contribution in [3.05, 3.63) is 12.4 Å². The van der Waals surface area contributed by atoms with E-state index < -0.39 is 12.6 Å². The zero-order valence-corrected chi connectivity index (χ0v) is 6.88. The second kappa shape index (κ2) is 3.68. The highest BCUT2D eigenvalue weighted by molar-refractivity contribution is 5.16. The van der Waals surface area contributed by atoms with Crippen LogP contribution in [0.15, 0.2) is 12.4 Å². The van der Waals surface area contributed by atoms with Crippen molar-refractivity contribution in [3.8, 4) is 0 Å². The summed E-state index contributed by atoms with van der Waals surface area (Å²) < 4.78 is 36.7. The number of nitrogens with two attached hydrogens (primary N) is 1. The van der Waals surface area contributed by atoms with E-state index in [4.69, 9.17) is 5.73 Å². The number of alkyl halides is 3. The lowest BCUT2D eigenvalue weighted by molar-refractivity contribution is -0.135. The topological polar surface area (TPSA) is 43.8 Å². The van der Waals surface area contributed by atoms with E-state index in [0.29, 0.717) is 0 Å². The van der Waals surface area contributed by atoms with E-state index in [0.717, 1.165) is 0 Å². The lowest BCUT2D eigenvalue weighted by atomic mass is 10.3. The quantitative estimate of drug-likeness (QED) is 0.795. The van der Waals surface area contributed by atoms with Crippen molar-refractivity contribution in [1.82, 2.24) is 9.55 Å². The van der Waals surface area contributed by atoms with Crippen LogP contribution in [0, 0.1) is 0 Å². The predicted molar refractivity (Wildman–Crippen MR) is 41.9 cm³/mol. The van der Waals surface area contributed by atoms with Crippen molar-refractivity contribution in [2.75, 3.05) is 5.73 Å². The Kier molecular flexibility index (Phi) is 2.79. The van der Waals surface area contributed by atoms with Gasteiger partial charge in [-0.1, -0.05) is 0 Å². The van der Waals surface area contributed by atoms with Gasteiger partial charge >= 0.3 is 6.18 Å². The number of anilines is 1. The highest BCUT2D eigenvalue weighted by Crippen LogP contribution is 2.21. The van der Waals surface area contributed by atoms with E-state index in [1.807, 2.05) is 0 Å². The maximum absolute atomic E-state index is 11.7. The summed E-state index contributed by atoms with van der Waals surface area (Å²) in [6.45, 7) is 0.255. The predicted octanol–water partition coefficient (Wildman–Crippen LogP) is 1.81. The maximum Gasteiger partial charge on any atom is 0.389 e. The molecule has 0 unspecified atom stereocenters. The van der Waals surface area contributed by atoms with Gasteiger partial charge in [0.1, 0.15) is 0 Å². The summed E-state index contributed by atoms with van der Waals surface area (Å²) in [5.41, 5.74) is 5.36. The van der Waals surface area contributed by atoms with Gasteiger partial charge in [0.15, 0.2) is 5.95 Å². The third-order valence-corrected chi connectivity index (χ3v) is 1.61. The minimum atomic E-state index is -4.09. The highest BCUT2D eigenvalue weighted by Gasteiger charge is 2.25. The summed E-state index contributed by atoms with van der Waals surface area (Å²) >= 11 is 0. The van der Waals surface area contributed by atoms with Crippen LogP contribution in [0.2, 0.25) is 0 Å². The largest absolute Gasteiger partial charge is 0.389 e. The van der Waals surface area contributed by atoms with E-state index in [1.54, 1.807) is 6.20 Å². The molecule has 13 heavy (non-hydrogen) atoms. The summed E-state index contributed by atoms with van der Waals surface area (Å²) in [7, 11) is 0. The molecular formula is C7H10F3N3. The number of hydrogen-bond donors (Lipinski definition) is 1. The van der Waals surface area contributed by atoms with Crippen molar-refractivity contribution < 1.29 is 13.2 Å². The molecule has 1 heterocycles. The molecule has 0 saturated carbocycles. The van der Waals surface area contributed by atoms with Gasteiger partial charge in [0.05, 0.1) is 0 Å². The van der Waals surface area contributed by atoms with Gasteiger partial charge in [-0.05, 0) is 6.42 Å². The Morgan fingerprint density at radius 1 is 1.46 bits per heavy atom. The average molecular weight is 193 g/mol. The lowest BCUT2D eigenvalue weighted by Crippen LogP contribution is -2.10. The number of aromatic nitrogens is 2. The number of nitrogens with zero attached hydrogens (tertiary/aromatic N) is 2. The molecule has 0 aliphatic carbocycles. The van der Waals surface area contributed by atoms with Crippen molar-refractivity contribution in [3.63, 3.8) is 0 Å². The van der Waals surface area contributed by atoms with E-state index in [-0.39, 0.29) is 18.9 Å². The van der Waals surface area contributed by atoms with Crippen LogP contribution in [0.25, 0.3) is 0 Å². The average Bonchev–Trinajstić information content (AvgIpc) is 2.34. The molecular weight excluding hydrogens is 183 g/mol. The van der Waals surface area contributed by atoms with Crippen LogP contribution in [0.5, 0.6) is 0 Å². The number of rotatable bonds is 3. The van der Waals surface area contributed by atoms with Gasteiger partial charge in [0, 0.05) is 25.4 Å². The Bertz CT molecular complexity index is 266. The van der Waals surface area contributed by atoms with Crippen LogP contribution in [0.4, 0.5) is 19.1 Å². The molecule has 6 heteroatoms. The molecule has 0 aliphatic rings. The van der Waals surface area contributed by atoms with E-state index in [9.17, 15) is 13.2 Å². The first-order valence-corrected chi connectivity index (χ1v) is 3.82. The molecule has 0 atom stereocenters. The summed E-state index contributed by atoms with van der Waals surface area (Å²) in [4.78, 5) is 3.69. The van der Waals surface area contributed by atoms with Crippen LogP contribution >= 0.6 is 0 Å². The first-order valence-electron chi connectivity index (χ1n) is 3.82.